The molecule has 5 aromatic carbocycles. The zero-order valence-corrected chi connectivity index (χ0v) is 38.0. The molecule has 64 heavy (non-hydrogen) atoms. The van der Waals surface area contributed by atoms with Crippen molar-refractivity contribution in [2.45, 2.75) is 52.6 Å². The molecule has 4 amide bonds. The quantitative estimate of drug-likeness (QED) is 0.0382. The highest BCUT2D eigenvalue weighted by atomic mass is 35.5. The monoisotopic (exact) mass is 942 g/mol. The molecule has 0 spiro atoms. The summed E-state index contributed by atoms with van der Waals surface area (Å²) in [5, 5.41) is 27.3. The Kier molecular flexibility index (Phi) is 17.4. The number of nitrogens with one attached hydrogen (secondary N) is 4. The SMILES string of the molecule is CC(=O)C(N=Nc1cc(C(=O)Nc2ccc(CCCl)cc2)ccc1Cl)C(=O)Nc1ccc(NC(=O)C(N=Nc2cc(C(=O)Nc3ccc(CCCl)cc3)ccc2Cl)C(C)=O)c(C)c1C. The maximum absolute atomic E-state index is 13.4. The van der Waals surface area contributed by atoms with E-state index in [2.05, 4.69) is 41.7 Å². The van der Waals surface area contributed by atoms with E-state index < -0.39 is 47.3 Å². The molecule has 0 aliphatic carbocycles. The fourth-order valence-corrected chi connectivity index (χ4v) is 6.71. The van der Waals surface area contributed by atoms with Crippen molar-refractivity contribution in [2.24, 2.45) is 20.5 Å². The highest BCUT2D eigenvalue weighted by Gasteiger charge is 2.27. The lowest BCUT2D eigenvalue weighted by Crippen LogP contribution is -2.33. The van der Waals surface area contributed by atoms with Gasteiger partial charge in [0.05, 0.1) is 10.0 Å². The Morgan fingerprint density at radius 3 is 1.20 bits per heavy atom. The molecule has 0 saturated heterocycles. The lowest BCUT2D eigenvalue weighted by Gasteiger charge is -2.17. The predicted octanol–water partition coefficient (Wildman–Crippen LogP) is 11.0. The van der Waals surface area contributed by atoms with Crippen LogP contribution in [0.25, 0.3) is 0 Å². The first-order valence-corrected chi connectivity index (χ1v) is 21.5. The maximum Gasteiger partial charge on any atom is 0.258 e. The van der Waals surface area contributed by atoms with E-state index in [0.717, 1.165) is 11.1 Å². The fourth-order valence-electron chi connectivity index (χ4n) is 5.97. The van der Waals surface area contributed by atoms with Crippen LogP contribution in [0, 0.1) is 13.8 Å². The number of azo groups is 2. The van der Waals surface area contributed by atoms with E-state index in [4.69, 9.17) is 46.4 Å². The van der Waals surface area contributed by atoms with Gasteiger partial charge in [-0.2, -0.15) is 20.5 Å². The second kappa shape index (κ2) is 22.9. The van der Waals surface area contributed by atoms with Gasteiger partial charge in [0.25, 0.3) is 23.6 Å². The zero-order valence-electron chi connectivity index (χ0n) is 35.0. The van der Waals surface area contributed by atoms with Crippen LogP contribution in [0.4, 0.5) is 34.1 Å². The summed E-state index contributed by atoms with van der Waals surface area (Å²) in [4.78, 5) is 78.1. The molecule has 14 nitrogen and oxygen atoms in total. The van der Waals surface area contributed by atoms with E-state index in [0.29, 0.717) is 58.5 Å². The summed E-state index contributed by atoms with van der Waals surface area (Å²) in [7, 11) is 0. The highest BCUT2D eigenvalue weighted by Crippen LogP contribution is 2.30. The third-order valence-corrected chi connectivity index (χ3v) is 10.8. The van der Waals surface area contributed by atoms with Gasteiger partial charge >= 0.3 is 0 Å². The van der Waals surface area contributed by atoms with E-state index in [1.807, 2.05) is 24.3 Å². The van der Waals surface area contributed by atoms with Crippen molar-refractivity contribution >= 4 is 116 Å². The number of hydrogen-bond acceptors (Lipinski definition) is 10. The average Bonchev–Trinajstić information content (AvgIpc) is 3.26. The predicted molar refractivity (Wildman–Crippen MR) is 252 cm³/mol. The summed E-state index contributed by atoms with van der Waals surface area (Å²) in [5.41, 5.74) is 5.36. The van der Waals surface area contributed by atoms with Crippen molar-refractivity contribution in [3.05, 3.63) is 140 Å². The Bertz CT molecular complexity index is 2460. The normalized spacial score (nSPS) is 12.1. The largest absolute Gasteiger partial charge is 0.324 e. The van der Waals surface area contributed by atoms with Gasteiger partial charge in [0.1, 0.15) is 11.4 Å². The lowest BCUT2D eigenvalue weighted by atomic mass is 10.0. The molecule has 18 heteroatoms. The van der Waals surface area contributed by atoms with Crippen LogP contribution in [0.5, 0.6) is 0 Å². The minimum atomic E-state index is -1.58. The molecule has 0 saturated carbocycles. The topological polar surface area (TPSA) is 200 Å². The molecule has 0 heterocycles. The van der Waals surface area contributed by atoms with Crippen LogP contribution in [-0.2, 0) is 32.0 Å². The smallest absolute Gasteiger partial charge is 0.258 e. The number of benzene rings is 5. The minimum Gasteiger partial charge on any atom is -0.324 e. The second-order valence-corrected chi connectivity index (χ2v) is 15.9. The summed E-state index contributed by atoms with van der Waals surface area (Å²) in [6, 6.07) is 23.0. The van der Waals surface area contributed by atoms with Gasteiger partial charge in [0.15, 0.2) is 11.6 Å². The summed E-state index contributed by atoms with van der Waals surface area (Å²) < 4.78 is 0. The molecular formula is C46H42Cl4N8O6. The van der Waals surface area contributed by atoms with Crippen LogP contribution in [-0.4, -0.2) is 59.0 Å². The number of halogens is 4. The van der Waals surface area contributed by atoms with Gasteiger partial charge < -0.3 is 21.3 Å². The van der Waals surface area contributed by atoms with E-state index in [1.54, 1.807) is 38.1 Å². The fraction of sp³-hybridized carbons (Fsp3) is 0.217. The lowest BCUT2D eigenvalue weighted by molar-refractivity contribution is -0.127. The molecule has 0 bridgehead atoms. The molecule has 0 aromatic heterocycles. The van der Waals surface area contributed by atoms with Crippen molar-refractivity contribution in [2.75, 3.05) is 33.0 Å². The molecule has 2 atom stereocenters. The molecule has 0 fully saturated rings. The number of Topliss-reactive ketones (excluding diaryl/α,β-unsaturated/α-hetero) is 2. The first-order chi connectivity index (χ1) is 30.6. The molecule has 5 rings (SSSR count). The third kappa shape index (κ3) is 13.1. The average molecular weight is 945 g/mol. The van der Waals surface area contributed by atoms with E-state index in [-0.39, 0.29) is 32.5 Å². The zero-order chi connectivity index (χ0) is 46.5. The van der Waals surface area contributed by atoms with Gasteiger partial charge in [-0.15, -0.1) is 23.2 Å². The van der Waals surface area contributed by atoms with E-state index >= 15 is 0 Å². The Hall–Kier alpha value is -6.32. The number of anilines is 4. The number of carbonyl (C=O) groups excluding carboxylic acids is 6. The van der Waals surface area contributed by atoms with Crippen molar-refractivity contribution < 1.29 is 28.8 Å². The number of rotatable bonds is 18. The van der Waals surface area contributed by atoms with Crippen LogP contribution >= 0.6 is 46.4 Å². The minimum absolute atomic E-state index is 0.0572. The number of hydrogen-bond donors (Lipinski definition) is 4. The Morgan fingerprint density at radius 1 is 0.516 bits per heavy atom. The van der Waals surface area contributed by atoms with Crippen LogP contribution in [0.15, 0.2) is 118 Å². The molecule has 0 aliphatic rings. The molecule has 4 N–H and O–H groups in total. The standard InChI is InChI=1S/C46H42Cl4N8O6/c1-25-26(2)38(54-46(64)42(28(4)60)58-56-40-24-32(10-16-36(40)50)44(62)52-34-13-7-30(8-14-34)20-22-48)18-17-37(25)53-45(63)41(27(3)59)57-55-39-23-31(9-15-35(39)49)43(61)51-33-11-5-29(6-12-33)19-21-47/h5-18,23-24,41-42H,19-22H2,1-4H3,(H,51,61)(H,52,62)(H,53,63)(H,54,64). The number of alkyl halides is 2. The highest BCUT2D eigenvalue weighted by molar-refractivity contribution is 6.33. The molecule has 330 valence electrons. The van der Waals surface area contributed by atoms with Gasteiger partial charge in [0, 0.05) is 45.6 Å². The van der Waals surface area contributed by atoms with Crippen LogP contribution in [0.2, 0.25) is 10.0 Å². The van der Waals surface area contributed by atoms with Gasteiger partial charge in [-0.25, -0.2) is 0 Å². The van der Waals surface area contributed by atoms with E-state index in [9.17, 15) is 28.8 Å². The van der Waals surface area contributed by atoms with Gasteiger partial charge in [0.2, 0.25) is 12.1 Å². The number of amides is 4. The molecule has 0 aliphatic heterocycles. The van der Waals surface area contributed by atoms with Gasteiger partial charge in [-0.05, 0) is 136 Å². The van der Waals surface area contributed by atoms with Crippen molar-refractivity contribution in [3.63, 3.8) is 0 Å². The van der Waals surface area contributed by atoms with Gasteiger partial charge in [-0.3, -0.25) is 28.8 Å². The maximum atomic E-state index is 13.4. The Balaban J connectivity index is 1.24. The Morgan fingerprint density at radius 2 is 0.875 bits per heavy atom. The molecular weight excluding hydrogens is 902 g/mol. The van der Waals surface area contributed by atoms with Gasteiger partial charge in [-0.1, -0.05) is 47.5 Å². The molecule has 0 radical (unpaired) electrons. The number of aryl methyl sites for hydroxylation is 2. The molecule has 2 unspecified atom stereocenters. The van der Waals surface area contributed by atoms with Crippen LogP contribution in [0.3, 0.4) is 0 Å². The first-order valence-electron chi connectivity index (χ1n) is 19.6. The van der Waals surface area contributed by atoms with Crippen molar-refractivity contribution in [1.29, 1.82) is 0 Å². The van der Waals surface area contributed by atoms with Crippen LogP contribution < -0.4 is 21.3 Å². The summed E-state index contributed by atoms with van der Waals surface area (Å²) in [6.45, 7) is 5.72. The number of ketones is 2. The first kappa shape index (κ1) is 48.7. The number of carbonyl (C=O) groups is 6. The van der Waals surface area contributed by atoms with Crippen LogP contribution in [0.1, 0.15) is 56.8 Å². The third-order valence-electron chi connectivity index (χ3n) is 9.74. The summed E-state index contributed by atoms with van der Waals surface area (Å²) in [5.74, 6) is -2.77. The summed E-state index contributed by atoms with van der Waals surface area (Å²) >= 11 is 24.3. The molecule has 5 aromatic rings. The van der Waals surface area contributed by atoms with Crippen molar-refractivity contribution in [3.8, 4) is 0 Å². The number of nitrogens with zero attached hydrogens (tertiary/aromatic N) is 4. The Labute approximate surface area is 389 Å². The van der Waals surface area contributed by atoms with E-state index in [1.165, 1.54) is 62.4 Å². The second-order valence-electron chi connectivity index (χ2n) is 14.4. The summed E-state index contributed by atoms with van der Waals surface area (Å²) in [6.07, 6.45) is 1.39. The van der Waals surface area contributed by atoms with Crippen molar-refractivity contribution in [1.82, 2.24) is 0 Å².